The fourth-order valence-corrected chi connectivity index (χ4v) is 3.87. The number of methoxy groups -OCH3 is 1. The number of carbonyl (C=O) groups excluding carboxylic acids is 2. The minimum atomic E-state index is -0.161. The van der Waals surface area contributed by atoms with E-state index in [1.165, 1.54) is 6.07 Å². The Morgan fingerprint density at radius 1 is 0.622 bits per heavy atom. The maximum absolute atomic E-state index is 12.2. The summed E-state index contributed by atoms with van der Waals surface area (Å²) >= 11 is 0. The van der Waals surface area contributed by atoms with E-state index >= 15 is 0 Å². The summed E-state index contributed by atoms with van der Waals surface area (Å²) in [6.07, 6.45) is 0. The monoisotopic (exact) mass is 490 g/mol. The van der Waals surface area contributed by atoms with Crippen molar-refractivity contribution in [2.45, 2.75) is 0 Å². The van der Waals surface area contributed by atoms with Gasteiger partial charge in [-0.3, -0.25) is 9.59 Å². The van der Waals surface area contributed by atoms with Crippen molar-refractivity contribution in [2.24, 2.45) is 0 Å². The summed E-state index contributed by atoms with van der Waals surface area (Å²) in [5.74, 6) is 1.24. The van der Waals surface area contributed by atoms with E-state index in [0.29, 0.717) is 33.4 Å². The molecule has 0 radical (unpaired) electrons. The number of carbonyl (C=O) groups is 2. The van der Waals surface area contributed by atoms with Gasteiger partial charge in [-0.25, -0.2) is 0 Å². The van der Waals surface area contributed by atoms with Gasteiger partial charge in [0.1, 0.15) is 22.7 Å². The van der Waals surface area contributed by atoms with Crippen LogP contribution >= 0.6 is 0 Å². The van der Waals surface area contributed by atoms with Crippen LogP contribution in [0, 0.1) is 0 Å². The number of hydrogen-bond donors (Lipinski definition) is 1. The zero-order chi connectivity index (χ0) is 25.8. The van der Waals surface area contributed by atoms with E-state index in [9.17, 15) is 14.7 Å². The lowest BCUT2D eigenvalue weighted by Crippen LogP contribution is -1.98. The maximum Gasteiger partial charge on any atom is 0.228 e. The summed E-state index contributed by atoms with van der Waals surface area (Å²) in [4.78, 5) is 24.4. The second-order valence-corrected chi connectivity index (χ2v) is 8.24. The molecule has 0 aliphatic carbocycles. The second-order valence-electron chi connectivity index (χ2n) is 8.24. The smallest absolute Gasteiger partial charge is 0.228 e. The minimum Gasteiger partial charge on any atom is -0.508 e. The molecule has 6 nitrogen and oxygen atoms in total. The number of phenolic OH excluding ortho intramolecular Hbond substituents is 1. The number of ether oxygens (including phenoxy) is 1. The number of hydrogen-bond acceptors (Lipinski definition) is 6. The zero-order valence-electron chi connectivity index (χ0n) is 19.9. The highest BCUT2D eigenvalue weighted by molar-refractivity contribution is 6.09. The normalized spacial score (nSPS) is 10.6. The van der Waals surface area contributed by atoms with E-state index in [1.807, 2.05) is 48.5 Å². The Labute approximate surface area is 212 Å². The average molecular weight is 491 g/mol. The van der Waals surface area contributed by atoms with Crippen molar-refractivity contribution < 1.29 is 28.3 Å². The molecule has 0 saturated carbocycles. The van der Waals surface area contributed by atoms with Gasteiger partial charge in [0.15, 0.2) is 11.5 Å². The SMILES string of the molecule is COc1ccc2oc(C(=O)c3ccccc3)cc2c1.O=C(c1ccccc1)c1cc2cc(O)ccc2o1. The van der Waals surface area contributed by atoms with E-state index in [-0.39, 0.29) is 23.1 Å². The van der Waals surface area contributed by atoms with Crippen molar-refractivity contribution in [3.8, 4) is 11.5 Å². The fourth-order valence-electron chi connectivity index (χ4n) is 3.87. The first kappa shape index (κ1) is 23.6. The molecule has 0 fully saturated rings. The highest BCUT2D eigenvalue weighted by Gasteiger charge is 2.15. The zero-order valence-corrected chi connectivity index (χ0v) is 19.9. The van der Waals surface area contributed by atoms with Crippen LogP contribution in [-0.2, 0) is 0 Å². The van der Waals surface area contributed by atoms with Crippen LogP contribution in [0.5, 0.6) is 11.5 Å². The summed E-state index contributed by atoms with van der Waals surface area (Å²) in [5, 5.41) is 10.9. The third-order valence-electron chi connectivity index (χ3n) is 5.74. The number of aromatic hydroxyl groups is 1. The van der Waals surface area contributed by atoms with Gasteiger partial charge in [0.2, 0.25) is 11.6 Å². The molecular formula is C31H22O6. The van der Waals surface area contributed by atoms with Crippen molar-refractivity contribution in [3.63, 3.8) is 0 Å². The summed E-state index contributed by atoms with van der Waals surface area (Å²) in [5.41, 5.74) is 2.47. The van der Waals surface area contributed by atoms with E-state index < -0.39 is 0 Å². The molecule has 6 heteroatoms. The third kappa shape index (κ3) is 5.13. The largest absolute Gasteiger partial charge is 0.508 e. The van der Waals surface area contributed by atoms with Crippen LogP contribution in [0.15, 0.2) is 118 Å². The number of benzene rings is 4. The fraction of sp³-hybridized carbons (Fsp3) is 0.0323. The third-order valence-corrected chi connectivity index (χ3v) is 5.74. The van der Waals surface area contributed by atoms with E-state index in [1.54, 1.807) is 61.7 Å². The Hall–Kier alpha value is -5.10. The van der Waals surface area contributed by atoms with Crippen LogP contribution in [-0.4, -0.2) is 23.8 Å². The molecule has 182 valence electrons. The first-order valence-corrected chi connectivity index (χ1v) is 11.5. The van der Waals surface area contributed by atoms with Gasteiger partial charge >= 0.3 is 0 Å². The summed E-state index contributed by atoms with van der Waals surface area (Å²) in [6.45, 7) is 0. The van der Waals surface area contributed by atoms with Crippen LogP contribution in [0.25, 0.3) is 21.9 Å². The van der Waals surface area contributed by atoms with Gasteiger partial charge < -0.3 is 18.7 Å². The highest BCUT2D eigenvalue weighted by atomic mass is 16.5. The minimum absolute atomic E-state index is 0.115. The van der Waals surface area contributed by atoms with E-state index in [0.717, 1.165) is 11.1 Å². The molecule has 2 aromatic heterocycles. The van der Waals surface area contributed by atoms with Gasteiger partial charge in [-0.05, 0) is 48.5 Å². The first-order valence-electron chi connectivity index (χ1n) is 11.5. The molecule has 0 amide bonds. The lowest BCUT2D eigenvalue weighted by Gasteiger charge is -1.96. The molecule has 0 atom stereocenters. The number of fused-ring (bicyclic) bond motifs is 2. The van der Waals surface area contributed by atoms with Crippen molar-refractivity contribution in [1.82, 2.24) is 0 Å². The summed E-state index contributed by atoms with van der Waals surface area (Å²) in [6, 6.07) is 31.6. The Bertz CT molecular complexity index is 1690. The molecule has 0 spiro atoms. The van der Waals surface area contributed by atoms with Crippen molar-refractivity contribution in [2.75, 3.05) is 7.11 Å². The quantitative estimate of drug-likeness (QED) is 0.261. The first-order chi connectivity index (χ1) is 18.0. The van der Waals surface area contributed by atoms with Crippen molar-refractivity contribution in [3.05, 3.63) is 132 Å². The highest BCUT2D eigenvalue weighted by Crippen LogP contribution is 2.26. The molecular weight excluding hydrogens is 468 g/mol. The van der Waals surface area contributed by atoms with Crippen molar-refractivity contribution >= 4 is 33.5 Å². The topological polar surface area (TPSA) is 89.9 Å². The maximum atomic E-state index is 12.2. The molecule has 0 unspecified atom stereocenters. The molecule has 0 aliphatic heterocycles. The summed E-state index contributed by atoms with van der Waals surface area (Å²) < 4.78 is 16.2. The molecule has 0 saturated heterocycles. The molecule has 1 N–H and O–H groups in total. The van der Waals surface area contributed by atoms with Gasteiger partial charge in [-0.2, -0.15) is 0 Å². The predicted octanol–water partition coefficient (Wildman–Crippen LogP) is 7.04. The predicted molar refractivity (Wildman–Crippen MR) is 140 cm³/mol. The Morgan fingerprint density at radius 3 is 1.62 bits per heavy atom. The number of ketones is 2. The number of phenols is 1. The standard InChI is InChI=1S/C16H12O3.C15H10O3/c1-18-13-7-8-14-12(9-13)10-15(19-14)16(17)11-5-3-2-4-6-11;16-12-6-7-13-11(8-12)9-14(18-13)15(17)10-4-2-1-3-5-10/h2-10H,1H3;1-9,16H. The lowest BCUT2D eigenvalue weighted by molar-refractivity contribution is 0.100. The van der Waals surface area contributed by atoms with Crippen LogP contribution in [0.3, 0.4) is 0 Å². The van der Waals surface area contributed by atoms with Crippen LogP contribution < -0.4 is 4.74 Å². The van der Waals surface area contributed by atoms with Crippen LogP contribution in [0.4, 0.5) is 0 Å². The molecule has 0 bridgehead atoms. The average Bonchev–Trinajstić information content (AvgIpc) is 3.57. The molecule has 2 heterocycles. The molecule has 6 rings (SSSR count). The Balaban J connectivity index is 0.000000152. The van der Waals surface area contributed by atoms with Gasteiger partial charge in [0.25, 0.3) is 0 Å². The van der Waals surface area contributed by atoms with Crippen molar-refractivity contribution in [1.29, 1.82) is 0 Å². The van der Waals surface area contributed by atoms with Crippen LogP contribution in [0.2, 0.25) is 0 Å². The van der Waals surface area contributed by atoms with Gasteiger partial charge in [0, 0.05) is 21.9 Å². The van der Waals surface area contributed by atoms with Gasteiger partial charge in [-0.15, -0.1) is 0 Å². The van der Waals surface area contributed by atoms with Gasteiger partial charge in [-0.1, -0.05) is 60.7 Å². The van der Waals surface area contributed by atoms with E-state index in [4.69, 9.17) is 13.6 Å². The van der Waals surface area contributed by atoms with Gasteiger partial charge in [0.05, 0.1) is 7.11 Å². The second kappa shape index (κ2) is 10.3. The summed E-state index contributed by atoms with van der Waals surface area (Å²) in [7, 11) is 1.61. The Morgan fingerprint density at radius 2 is 1.11 bits per heavy atom. The molecule has 0 aliphatic rings. The molecule has 4 aromatic carbocycles. The Kier molecular flexibility index (Phi) is 6.55. The van der Waals surface area contributed by atoms with E-state index in [2.05, 4.69) is 0 Å². The lowest BCUT2D eigenvalue weighted by atomic mass is 10.1. The number of furan rings is 2. The molecule has 6 aromatic rings. The van der Waals surface area contributed by atoms with Crippen LogP contribution in [0.1, 0.15) is 32.2 Å². The number of rotatable bonds is 5. The molecule has 37 heavy (non-hydrogen) atoms.